The van der Waals surface area contributed by atoms with Crippen molar-refractivity contribution < 1.29 is 0 Å². The molecule has 0 amide bonds. The van der Waals surface area contributed by atoms with Crippen LogP contribution in [0.4, 0.5) is 5.95 Å². The molecule has 0 bridgehead atoms. The maximum atomic E-state index is 5.56. The van der Waals surface area contributed by atoms with Crippen molar-refractivity contribution in [3.05, 3.63) is 24.0 Å². The fourth-order valence-electron chi connectivity index (χ4n) is 2.89. The third kappa shape index (κ3) is 13.5. The lowest BCUT2D eigenvalue weighted by Crippen LogP contribution is -1.89. The van der Waals surface area contributed by atoms with Crippen LogP contribution in [0, 0.1) is 0 Å². The van der Waals surface area contributed by atoms with Crippen molar-refractivity contribution in [2.24, 2.45) is 0 Å². The molecule has 0 fully saturated rings. The molecule has 0 spiro atoms. The first-order chi connectivity index (χ1) is 11.3. The molecule has 4 heteroatoms. The summed E-state index contributed by atoms with van der Waals surface area (Å²) in [7, 11) is 0. The molecule has 0 aliphatic carbocycles. The van der Waals surface area contributed by atoms with Crippen LogP contribution < -0.4 is 5.73 Å². The lowest BCUT2D eigenvalue weighted by Gasteiger charge is -2.00. The van der Waals surface area contributed by atoms with E-state index in [4.69, 9.17) is 5.73 Å². The molecule has 140 valence electrons. The minimum Gasteiger partial charge on any atom is -0.369 e. The zero-order chi connectivity index (χ0) is 16.6. The van der Waals surface area contributed by atoms with Crippen molar-refractivity contribution in [3.63, 3.8) is 0 Å². The van der Waals surface area contributed by atoms with Crippen molar-refractivity contribution in [2.75, 3.05) is 5.73 Å². The van der Waals surface area contributed by atoms with Gasteiger partial charge in [0, 0.05) is 5.69 Å². The Kier molecular flexibility index (Phi) is 16.2. The van der Waals surface area contributed by atoms with Gasteiger partial charge in [-0.05, 0) is 38.5 Å². The Morgan fingerprint density at radius 3 is 1.96 bits per heavy atom. The minimum atomic E-state index is 0. The van der Waals surface area contributed by atoms with Gasteiger partial charge in [-0.15, -0.1) is 12.4 Å². The number of aromatic nitrogens is 2. The number of nitrogens with zero attached hydrogens (tertiary/aromatic N) is 1. The molecule has 0 saturated heterocycles. The highest BCUT2D eigenvalue weighted by Gasteiger charge is 1.97. The van der Waals surface area contributed by atoms with Gasteiger partial charge in [0.05, 0.1) is 6.20 Å². The van der Waals surface area contributed by atoms with E-state index in [1.165, 1.54) is 89.2 Å². The van der Waals surface area contributed by atoms with Crippen molar-refractivity contribution in [1.29, 1.82) is 0 Å². The maximum absolute atomic E-state index is 5.56. The summed E-state index contributed by atoms with van der Waals surface area (Å²) in [4.78, 5) is 7.10. The lowest BCUT2D eigenvalue weighted by atomic mass is 10.1. The Morgan fingerprint density at radius 1 is 0.875 bits per heavy atom. The molecular formula is C20H38ClN3. The number of allylic oxidation sites excluding steroid dienone is 2. The van der Waals surface area contributed by atoms with Crippen LogP contribution in [0.3, 0.4) is 0 Å². The van der Waals surface area contributed by atoms with E-state index in [1.54, 1.807) is 0 Å². The molecule has 1 heterocycles. The van der Waals surface area contributed by atoms with E-state index in [2.05, 4.69) is 29.0 Å². The zero-order valence-electron chi connectivity index (χ0n) is 15.6. The Morgan fingerprint density at radius 2 is 1.42 bits per heavy atom. The SMILES string of the molecule is CCCCCCCC/C=C\CCCCCCCc1cnc(N)[nH]1.Cl. The Balaban J connectivity index is 0.00000529. The monoisotopic (exact) mass is 355 g/mol. The van der Waals surface area contributed by atoms with Gasteiger partial charge < -0.3 is 10.7 Å². The average molecular weight is 356 g/mol. The molecule has 0 atom stereocenters. The van der Waals surface area contributed by atoms with E-state index in [-0.39, 0.29) is 12.4 Å². The highest BCUT2D eigenvalue weighted by Crippen LogP contribution is 2.10. The smallest absolute Gasteiger partial charge is 0.197 e. The second-order valence-electron chi connectivity index (χ2n) is 6.63. The molecule has 0 saturated carbocycles. The summed E-state index contributed by atoms with van der Waals surface area (Å²) in [5.74, 6) is 0.535. The highest BCUT2D eigenvalue weighted by molar-refractivity contribution is 5.85. The molecule has 0 aliphatic heterocycles. The number of hydrogen-bond acceptors (Lipinski definition) is 2. The summed E-state index contributed by atoms with van der Waals surface area (Å²) in [5.41, 5.74) is 6.73. The number of halogens is 1. The number of imidazole rings is 1. The van der Waals surface area contributed by atoms with Crippen LogP contribution in [0.1, 0.15) is 96.1 Å². The summed E-state index contributed by atoms with van der Waals surface area (Å²) in [5, 5.41) is 0. The number of hydrogen-bond donors (Lipinski definition) is 2. The number of anilines is 1. The van der Waals surface area contributed by atoms with Gasteiger partial charge in [0.15, 0.2) is 5.95 Å². The van der Waals surface area contributed by atoms with Crippen LogP contribution in [0.2, 0.25) is 0 Å². The number of nitrogens with two attached hydrogens (primary N) is 1. The van der Waals surface area contributed by atoms with Crippen LogP contribution in [0.15, 0.2) is 18.3 Å². The fraction of sp³-hybridized carbons (Fsp3) is 0.750. The van der Waals surface area contributed by atoms with Gasteiger partial charge in [-0.1, -0.05) is 70.4 Å². The third-order valence-electron chi connectivity index (χ3n) is 4.36. The number of nitrogen functional groups attached to an aromatic ring is 1. The number of rotatable bonds is 15. The Bertz CT molecular complexity index is 401. The first-order valence-electron chi connectivity index (χ1n) is 9.77. The van der Waals surface area contributed by atoms with Crippen LogP contribution in [0.5, 0.6) is 0 Å². The second kappa shape index (κ2) is 16.9. The van der Waals surface area contributed by atoms with E-state index < -0.39 is 0 Å². The summed E-state index contributed by atoms with van der Waals surface area (Å²) in [6.07, 6.45) is 25.2. The third-order valence-corrected chi connectivity index (χ3v) is 4.36. The Hall–Kier alpha value is -0.960. The zero-order valence-corrected chi connectivity index (χ0v) is 16.4. The molecule has 0 aliphatic rings. The lowest BCUT2D eigenvalue weighted by molar-refractivity contribution is 0.608. The van der Waals surface area contributed by atoms with Crippen LogP contribution in [0.25, 0.3) is 0 Å². The van der Waals surface area contributed by atoms with Crippen molar-refractivity contribution in [3.8, 4) is 0 Å². The van der Waals surface area contributed by atoms with Gasteiger partial charge in [0.25, 0.3) is 0 Å². The van der Waals surface area contributed by atoms with E-state index in [0.29, 0.717) is 5.95 Å². The summed E-state index contributed by atoms with van der Waals surface area (Å²) < 4.78 is 0. The van der Waals surface area contributed by atoms with Crippen LogP contribution >= 0.6 is 12.4 Å². The molecule has 1 aromatic heterocycles. The predicted octanol–water partition coefficient (Wildman–Crippen LogP) is 6.60. The van der Waals surface area contributed by atoms with E-state index in [9.17, 15) is 0 Å². The molecule has 3 N–H and O–H groups in total. The predicted molar refractivity (Wildman–Crippen MR) is 109 cm³/mol. The number of nitrogens with one attached hydrogen (secondary N) is 1. The molecular weight excluding hydrogens is 318 g/mol. The largest absolute Gasteiger partial charge is 0.369 e. The normalized spacial score (nSPS) is 11.0. The molecule has 0 radical (unpaired) electrons. The molecule has 24 heavy (non-hydrogen) atoms. The van der Waals surface area contributed by atoms with E-state index in [1.807, 2.05) is 6.20 Å². The topological polar surface area (TPSA) is 54.7 Å². The quantitative estimate of drug-likeness (QED) is 0.275. The van der Waals surface area contributed by atoms with Gasteiger partial charge in [-0.25, -0.2) is 4.98 Å². The fourth-order valence-corrected chi connectivity index (χ4v) is 2.89. The first-order valence-corrected chi connectivity index (χ1v) is 9.77. The molecule has 1 rings (SSSR count). The van der Waals surface area contributed by atoms with Crippen molar-refractivity contribution >= 4 is 18.4 Å². The maximum Gasteiger partial charge on any atom is 0.197 e. The van der Waals surface area contributed by atoms with E-state index in [0.717, 1.165) is 6.42 Å². The van der Waals surface area contributed by atoms with Gasteiger partial charge in [0.2, 0.25) is 0 Å². The molecule has 0 aromatic carbocycles. The number of aromatic amines is 1. The summed E-state index contributed by atoms with van der Waals surface area (Å²) in [6.45, 7) is 2.28. The molecule has 0 unspecified atom stereocenters. The van der Waals surface area contributed by atoms with Gasteiger partial charge in [-0.3, -0.25) is 0 Å². The summed E-state index contributed by atoms with van der Waals surface area (Å²) in [6, 6.07) is 0. The van der Waals surface area contributed by atoms with Gasteiger partial charge in [0.1, 0.15) is 0 Å². The van der Waals surface area contributed by atoms with Gasteiger partial charge >= 0.3 is 0 Å². The van der Waals surface area contributed by atoms with E-state index >= 15 is 0 Å². The number of H-pyrrole nitrogens is 1. The van der Waals surface area contributed by atoms with Crippen LogP contribution in [-0.4, -0.2) is 9.97 Å². The summed E-state index contributed by atoms with van der Waals surface area (Å²) >= 11 is 0. The second-order valence-corrected chi connectivity index (χ2v) is 6.63. The van der Waals surface area contributed by atoms with Gasteiger partial charge in [-0.2, -0.15) is 0 Å². The van der Waals surface area contributed by atoms with Crippen molar-refractivity contribution in [1.82, 2.24) is 9.97 Å². The number of aryl methyl sites for hydroxylation is 1. The van der Waals surface area contributed by atoms with Crippen LogP contribution in [-0.2, 0) is 6.42 Å². The number of unbranched alkanes of at least 4 members (excludes halogenated alkanes) is 11. The average Bonchev–Trinajstić information content (AvgIpc) is 2.96. The Labute approximate surface area is 155 Å². The highest BCUT2D eigenvalue weighted by atomic mass is 35.5. The minimum absolute atomic E-state index is 0. The first kappa shape index (κ1) is 23.0. The molecule has 1 aromatic rings. The van der Waals surface area contributed by atoms with Crippen molar-refractivity contribution in [2.45, 2.75) is 96.8 Å². The molecule has 3 nitrogen and oxygen atoms in total. The standard InChI is InChI=1S/C20H37N3.ClH/c1-2-3-4-5-6-7-8-9-10-11-12-13-14-15-16-17-19-18-22-20(21)23-19;/h9-10,18H,2-8,11-17H2,1H3,(H3,21,22,23);1H/b10-9-;.